The number of hydrogen-bond donors (Lipinski definition) is 0. The highest BCUT2D eigenvalue weighted by molar-refractivity contribution is 4.96. The molecule has 16 heavy (non-hydrogen) atoms. The molecular formula is C15H31N. The molecule has 0 aliphatic carbocycles. The van der Waals surface area contributed by atoms with E-state index in [4.69, 9.17) is 0 Å². The van der Waals surface area contributed by atoms with Gasteiger partial charge in [0.1, 0.15) is 0 Å². The van der Waals surface area contributed by atoms with Crippen molar-refractivity contribution in [3.63, 3.8) is 0 Å². The van der Waals surface area contributed by atoms with Crippen LogP contribution in [0.15, 0.2) is 0 Å². The maximum atomic E-state index is 2.72. The summed E-state index contributed by atoms with van der Waals surface area (Å²) in [6.07, 6.45) is 2.66. The van der Waals surface area contributed by atoms with Gasteiger partial charge in [-0.3, -0.25) is 4.90 Å². The zero-order chi connectivity index (χ0) is 12.8. The van der Waals surface area contributed by atoms with Crippen LogP contribution in [0.3, 0.4) is 0 Å². The monoisotopic (exact) mass is 225 g/mol. The minimum absolute atomic E-state index is 0.300. The molecule has 1 fully saturated rings. The van der Waals surface area contributed by atoms with E-state index in [0.717, 1.165) is 0 Å². The van der Waals surface area contributed by atoms with Gasteiger partial charge in [0.25, 0.3) is 0 Å². The van der Waals surface area contributed by atoms with Crippen LogP contribution in [0.5, 0.6) is 0 Å². The maximum Gasteiger partial charge on any atom is 0.0154 e. The number of likely N-dealkylation sites (tertiary alicyclic amines) is 1. The molecule has 1 heteroatoms. The maximum absolute atomic E-state index is 2.72. The summed E-state index contributed by atoms with van der Waals surface area (Å²) in [5.74, 6) is 0. The number of piperidine rings is 1. The van der Waals surface area contributed by atoms with Crippen LogP contribution in [0, 0.1) is 10.8 Å². The third-order valence-corrected chi connectivity index (χ3v) is 4.01. The highest BCUT2D eigenvalue weighted by atomic mass is 15.2. The molecule has 0 saturated carbocycles. The zero-order valence-corrected chi connectivity index (χ0v) is 12.6. The molecule has 0 amide bonds. The quantitative estimate of drug-likeness (QED) is 0.593. The van der Waals surface area contributed by atoms with Crippen molar-refractivity contribution in [2.24, 2.45) is 10.8 Å². The van der Waals surface area contributed by atoms with Gasteiger partial charge in [0, 0.05) is 11.6 Å². The minimum atomic E-state index is 0.300. The summed E-state index contributed by atoms with van der Waals surface area (Å²) in [5.41, 5.74) is 1.19. The van der Waals surface area contributed by atoms with Gasteiger partial charge in [-0.15, -0.1) is 0 Å². The van der Waals surface area contributed by atoms with Gasteiger partial charge < -0.3 is 0 Å². The molecule has 1 aliphatic rings. The molecule has 0 aromatic carbocycles. The summed E-state index contributed by atoms with van der Waals surface area (Å²) < 4.78 is 0. The van der Waals surface area contributed by atoms with Gasteiger partial charge in [-0.1, -0.05) is 34.6 Å². The Kier molecular flexibility index (Phi) is 3.52. The summed E-state index contributed by atoms with van der Waals surface area (Å²) in [6.45, 7) is 20.3. The average Bonchev–Trinajstić information content (AvgIpc) is 1.97. The van der Waals surface area contributed by atoms with Crippen LogP contribution in [0.4, 0.5) is 0 Å². The third-order valence-electron chi connectivity index (χ3n) is 4.01. The van der Waals surface area contributed by atoms with Crippen LogP contribution >= 0.6 is 0 Å². The molecule has 1 saturated heterocycles. The Morgan fingerprint density at radius 3 is 1.88 bits per heavy atom. The predicted octanol–water partition coefficient (Wildman–Crippen LogP) is 4.32. The minimum Gasteiger partial charge on any atom is -0.295 e. The summed E-state index contributed by atoms with van der Waals surface area (Å²) in [7, 11) is 0. The molecule has 0 spiro atoms. The molecule has 0 aromatic rings. The van der Waals surface area contributed by atoms with Crippen LogP contribution in [-0.2, 0) is 0 Å². The fourth-order valence-corrected chi connectivity index (χ4v) is 2.89. The second-order valence-electron chi connectivity index (χ2n) is 8.36. The van der Waals surface area contributed by atoms with E-state index in [0.29, 0.717) is 22.4 Å². The Bertz CT molecular complexity index is 239. The molecule has 1 atom stereocenters. The lowest BCUT2D eigenvalue weighted by molar-refractivity contribution is -0.0427. The lowest BCUT2D eigenvalue weighted by atomic mass is 9.69. The predicted molar refractivity (Wildman–Crippen MR) is 72.7 cm³/mol. The van der Waals surface area contributed by atoms with E-state index < -0.39 is 0 Å². The van der Waals surface area contributed by atoms with Crippen LogP contribution in [0.1, 0.15) is 68.2 Å². The van der Waals surface area contributed by atoms with Crippen LogP contribution in [0.2, 0.25) is 0 Å². The van der Waals surface area contributed by atoms with Gasteiger partial charge in [-0.25, -0.2) is 0 Å². The third kappa shape index (κ3) is 3.23. The van der Waals surface area contributed by atoms with Crippen molar-refractivity contribution in [2.75, 3.05) is 6.54 Å². The van der Waals surface area contributed by atoms with E-state index in [-0.39, 0.29) is 0 Å². The van der Waals surface area contributed by atoms with Crippen molar-refractivity contribution in [2.45, 2.75) is 79.8 Å². The summed E-state index contributed by atoms with van der Waals surface area (Å²) in [4.78, 5) is 2.72. The molecule has 1 rings (SSSR count). The highest BCUT2D eigenvalue weighted by Crippen LogP contribution is 2.43. The molecule has 0 bridgehead atoms. The molecule has 0 aromatic heterocycles. The Morgan fingerprint density at radius 2 is 1.50 bits per heavy atom. The first-order valence-electron chi connectivity index (χ1n) is 6.70. The normalized spacial score (nSPS) is 28.1. The van der Waals surface area contributed by atoms with Gasteiger partial charge >= 0.3 is 0 Å². The van der Waals surface area contributed by atoms with E-state index >= 15 is 0 Å². The van der Waals surface area contributed by atoms with Gasteiger partial charge in [0.05, 0.1) is 0 Å². The Morgan fingerprint density at radius 1 is 1.00 bits per heavy atom. The summed E-state index contributed by atoms with van der Waals surface area (Å²) in [5, 5.41) is 0. The topological polar surface area (TPSA) is 3.24 Å². The fourth-order valence-electron chi connectivity index (χ4n) is 2.89. The Balaban J connectivity index is 2.94. The van der Waals surface area contributed by atoms with E-state index in [1.165, 1.54) is 19.4 Å². The van der Waals surface area contributed by atoms with E-state index in [9.17, 15) is 0 Å². The summed E-state index contributed by atoms with van der Waals surface area (Å²) >= 11 is 0. The molecule has 96 valence electrons. The number of rotatable bonds is 0. The average molecular weight is 225 g/mol. The molecular weight excluding hydrogens is 194 g/mol. The second-order valence-corrected chi connectivity index (χ2v) is 8.36. The van der Waals surface area contributed by atoms with E-state index in [1.807, 2.05) is 0 Å². The van der Waals surface area contributed by atoms with Crippen LogP contribution in [0.25, 0.3) is 0 Å². The van der Waals surface area contributed by atoms with Gasteiger partial charge in [0.2, 0.25) is 0 Å². The van der Waals surface area contributed by atoms with Gasteiger partial charge in [-0.2, -0.15) is 0 Å². The first kappa shape index (κ1) is 14.0. The van der Waals surface area contributed by atoms with Crippen molar-refractivity contribution in [3.05, 3.63) is 0 Å². The van der Waals surface area contributed by atoms with Crippen molar-refractivity contribution in [3.8, 4) is 0 Å². The van der Waals surface area contributed by atoms with Crippen LogP contribution < -0.4 is 0 Å². The first-order valence-corrected chi connectivity index (χ1v) is 6.70. The smallest absolute Gasteiger partial charge is 0.0154 e. The molecule has 1 aliphatic heterocycles. The zero-order valence-electron chi connectivity index (χ0n) is 12.6. The van der Waals surface area contributed by atoms with Crippen molar-refractivity contribution < 1.29 is 0 Å². The van der Waals surface area contributed by atoms with Gasteiger partial charge in [-0.05, 0) is 51.0 Å². The Hall–Kier alpha value is -0.0400. The van der Waals surface area contributed by atoms with E-state index in [1.54, 1.807) is 0 Å². The largest absolute Gasteiger partial charge is 0.295 e. The van der Waals surface area contributed by atoms with Crippen LogP contribution in [-0.4, -0.2) is 23.0 Å². The van der Waals surface area contributed by atoms with Crippen molar-refractivity contribution >= 4 is 0 Å². The molecule has 0 N–H and O–H groups in total. The molecule has 0 radical (unpaired) electrons. The summed E-state index contributed by atoms with van der Waals surface area (Å²) in [6, 6.07) is 0.705. The standard InChI is InChI=1S/C15H31N/c1-13(2,3)12-11-15(7,8)9-10-16(12)14(4,5)6/h12H,9-11H2,1-8H3. The molecule has 1 heterocycles. The van der Waals surface area contributed by atoms with Crippen molar-refractivity contribution in [1.29, 1.82) is 0 Å². The SMILES string of the molecule is CC1(C)CCN(C(C)(C)C)C(C(C)(C)C)C1. The van der Waals surface area contributed by atoms with Crippen molar-refractivity contribution in [1.82, 2.24) is 4.90 Å². The lowest BCUT2D eigenvalue weighted by Gasteiger charge is -2.54. The first-order chi connectivity index (χ1) is 6.93. The lowest BCUT2D eigenvalue weighted by Crippen LogP contribution is -2.58. The number of nitrogens with zero attached hydrogens (tertiary/aromatic N) is 1. The number of hydrogen-bond acceptors (Lipinski definition) is 1. The molecule has 1 nitrogen and oxygen atoms in total. The second kappa shape index (κ2) is 4.01. The van der Waals surface area contributed by atoms with Gasteiger partial charge in [0.15, 0.2) is 0 Å². The molecule has 1 unspecified atom stereocenters. The van der Waals surface area contributed by atoms with E-state index in [2.05, 4.69) is 60.3 Å². The fraction of sp³-hybridized carbons (Fsp3) is 1.00. The Labute approximate surface area is 103 Å². The highest BCUT2D eigenvalue weighted by Gasteiger charge is 2.42.